The largest absolute Gasteiger partial charge is 0.519 e. The zero-order valence-corrected chi connectivity index (χ0v) is 15.0. The van der Waals surface area contributed by atoms with Crippen LogP contribution in [0.25, 0.3) is 0 Å². The molecule has 0 aromatic heterocycles. The Morgan fingerprint density at radius 3 is 2.13 bits per heavy atom. The quantitative estimate of drug-likeness (QED) is 0.604. The molecule has 120 valence electrons. The van der Waals surface area contributed by atoms with E-state index in [0.29, 0.717) is 11.1 Å². The molecule has 0 fully saturated rings. The highest BCUT2D eigenvalue weighted by Gasteiger charge is 2.25. The average Bonchev–Trinajstić information content (AvgIpc) is 2.52. The fourth-order valence-corrected chi connectivity index (χ4v) is 3.01. The Labute approximate surface area is 138 Å². The molecule has 0 aliphatic heterocycles. The van der Waals surface area contributed by atoms with Gasteiger partial charge in [-0.05, 0) is 38.2 Å². The molecule has 2 aromatic rings. The summed E-state index contributed by atoms with van der Waals surface area (Å²) in [4.78, 5) is 24.7. The molecular weight excluding hydrogens is 304 g/mol. The molecule has 2 aromatic carbocycles. The van der Waals surface area contributed by atoms with Crippen molar-refractivity contribution in [3.8, 4) is 0 Å². The Hall–Kier alpha value is -2.20. The zero-order chi connectivity index (χ0) is 17.0. The monoisotopic (exact) mass is 326 g/mol. The molecule has 0 radical (unpaired) electrons. The second-order valence-electron chi connectivity index (χ2n) is 6.58. The third-order valence-corrected chi connectivity index (χ3v) is 4.26. The van der Waals surface area contributed by atoms with Crippen molar-refractivity contribution in [1.82, 2.24) is 0 Å². The topological polar surface area (TPSA) is 43.4 Å². The highest BCUT2D eigenvalue weighted by molar-refractivity contribution is 6.71. The Morgan fingerprint density at radius 1 is 0.913 bits per heavy atom. The van der Waals surface area contributed by atoms with E-state index in [0.717, 1.165) is 5.56 Å². The first-order valence-corrected chi connectivity index (χ1v) is 11.1. The molecule has 2 rings (SSSR count). The summed E-state index contributed by atoms with van der Waals surface area (Å²) >= 11 is 0. The minimum absolute atomic E-state index is 0.0433. The van der Waals surface area contributed by atoms with E-state index in [1.165, 1.54) is 0 Å². The van der Waals surface area contributed by atoms with Crippen molar-refractivity contribution < 1.29 is 14.0 Å². The maximum Gasteiger partial charge on any atom is 0.299 e. The second kappa shape index (κ2) is 6.92. The van der Waals surface area contributed by atoms with Crippen LogP contribution < -0.4 is 0 Å². The molecule has 4 heteroatoms. The van der Waals surface area contributed by atoms with E-state index >= 15 is 0 Å². The van der Waals surface area contributed by atoms with E-state index in [1.54, 1.807) is 24.3 Å². The maximum atomic E-state index is 12.5. The predicted molar refractivity (Wildman–Crippen MR) is 94.2 cm³/mol. The number of benzene rings is 2. The van der Waals surface area contributed by atoms with Crippen LogP contribution >= 0.6 is 0 Å². The van der Waals surface area contributed by atoms with Crippen LogP contribution in [0.5, 0.6) is 0 Å². The third-order valence-electron chi connectivity index (χ3n) is 3.45. The number of hydrogen-bond acceptors (Lipinski definition) is 3. The Morgan fingerprint density at radius 2 is 1.52 bits per heavy atom. The molecule has 23 heavy (non-hydrogen) atoms. The minimum atomic E-state index is -1.92. The second-order valence-corrected chi connectivity index (χ2v) is 11.0. The minimum Gasteiger partial charge on any atom is -0.519 e. The van der Waals surface area contributed by atoms with Crippen molar-refractivity contribution in [1.29, 1.82) is 0 Å². The smallest absolute Gasteiger partial charge is 0.299 e. The fourth-order valence-electron chi connectivity index (χ4n) is 2.23. The van der Waals surface area contributed by atoms with Crippen LogP contribution in [-0.4, -0.2) is 20.1 Å². The van der Waals surface area contributed by atoms with Gasteiger partial charge in [0, 0.05) is 11.1 Å². The summed E-state index contributed by atoms with van der Waals surface area (Å²) in [5.74, 6) is -0.656. The molecule has 0 aliphatic rings. The lowest BCUT2D eigenvalue weighted by Gasteiger charge is -2.21. The molecule has 0 bridgehead atoms. The van der Waals surface area contributed by atoms with Crippen LogP contribution in [0.4, 0.5) is 0 Å². The first kappa shape index (κ1) is 17.2. The molecule has 0 saturated heterocycles. The molecule has 0 spiro atoms. The van der Waals surface area contributed by atoms with Gasteiger partial charge in [-0.1, -0.05) is 48.5 Å². The Kier molecular flexibility index (Phi) is 5.16. The molecular formula is C19H22O3Si. The van der Waals surface area contributed by atoms with Gasteiger partial charge in [0.05, 0.1) is 5.92 Å². The fraction of sp³-hybridized carbons (Fsp3) is 0.263. The molecule has 3 nitrogen and oxygen atoms in total. The molecule has 0 N–H and O–H groups in total. The van der Waals surface area contributed by atoms with E-state index < -0.39 is 8.32 Å². The van der Waals surface area contributed by atoms with Crippen molar-refractivity contribution in [2.45, 2.75) is 32.5 Å². The Balaban J connectivity index is 2.23. The summed E-state index contributed by atoms with van der Waals surface area (Å²) in [5.41, 5.74) is 2.03. The van der Waals surface area contributed by atoms with Gasteiger partial charge >= 0.3 is 0 Å². The van der Waals surface area contributed by atoms with Gasteiger partial charge in [0.1, 0.15) is 0 Å². The van der Waals surface area contributed by atoms with Crippen LogP contribution in [-0.2, 0) is 9.22 Å². The van der Waals surface area contributed by atoms with Crippen molar-refractivity contribution in [3.05, 3.63) is 71.3 Å². The van der Waals surface area contributed by atoms with Gasteiger partial charge in [-0.2, -0.15) is 0 Å². The van der Waals surface area contributed by atoms with E-state index in [9.17, 15) is 9.59 Å². The number of carbonyl (C=O) groups is 2. The number of rotatable bonds is 5. The van der Waals surface area contributed by atoms with E-state index in [2.05, 4.69) is 0 Å². The van der Waals surface area contributed by atoms with Crippen LogP contribution in [0, 0.1) is 0 Å². The lowest BCUT2D eigenvalue weighted by Crippen LogP contribution is -2.31. The van der Waals surface area contributed by atoms with Crippen LogP contribution in [0.1, 0.15) is 34.3 Å². The molecule has 0 aliphatic carbocycles. The highest BCUT2D eigenvalue weighted by atomic mass is 28.4. The lowest BCUT2D eigenvalue weighted by molar-refractivity contribution is -0.136. The average molecular weight is 326 g/mol. The van der Waals surface area contributed by atoms with Crippen molar-refractivity contribution in [3.63, 3.8) is 0 Å². The highest BCUT2D eigenvalue weighted by Crippen LogP contribution is 2.21. The third kappa shape index (κ3) is 4.63. The van der Waals surface area contributed by atoms with Crippen LogP contribution in [0.2, 0.25) is 19.6 Å². The van der Waals surface area contributed by atoms with E-state index in [-0.39, 0.29) is 17.7 Å². The SMILES string of the molecule is CC(C(=O)O[Si](C)(C)C)c1cccc(C(=O)c2ccccc2)c1. The summed E-state index contributed by atoms with van der Waals surface area (Å²) in [6, 6.07) is 16.4. The number of carbonyl (C=O) groups excluding carboxylic acids is 2. The number of ketones is 1. The van der Waals surface area contributed by atoms with Gasteiger partial charge in [0.25, 0.3) is 5.97 Å². The molecule has 1 atom stereocenters. The summed E-state index contributed by atoms with van der Waals surface area (Å²) in [5, 5.41) is 0. The maximum absolute atomic E-state index is 12.5. The van der Waals surface area contributed by atoms with E-state index in [4.69, 9.17) is 4.43 Å². The van der Waals surface area contributed by atoms with Gasteiger partial charge in [-0.25, -0.2) is 0 Å². The molecule has 1 unspecified atom stereocenters. The van der Waals surface area contributed by atoms with Gasteiger partial charge in [-0.3, -0.25) is 9.59 Å². The summed E-state index contributed by atoms with van der Waals surface area (Å²) in [6.45, 7) is 7.75. The summed E-state index contributed by atoms with van der Waals surface area (Å²) in [7, 11) is -1.92. The van der Waals surface area contributed by atoms with Crippen molar-refractivity contribution in [2.24, 2.45) is 0 Å². The van der Waals surface area contributed by atoms with Crippen LogP contribution in [0.15, 0.2) is 54.6 Å². The van der Waals surface area contributed by atoms with Crippen LogP contribution in [0.3, 0.4) is 0 Å². The molecule has 0 saturated carbocycles. The molecule has 0 heterocycles. The number of hydrogen-bond donors (Lipinski definition) is 0. The van der Waals surface area contributed by atoms with Gasteiger partial charge < -0.3 is 4.43 Å². The summed E-state index contributed by atoms with van der Waals surface area (Å²) in [6.07, 6.45) is 0. The first-order valence-electron chi connectivity index (χ1n) is 7.70. The lowest BCUT2D eigenvalue weighted by atomic mass is 9.96. The first-order chi connectivity index (χ1) is 10.8. The zero-order valence-electron chi connectivity index (χ0n) is 14.0. The van der Waals surface area contributed by atoms with Gasteiger partial charge in [0.15, 0.2) is 5.78 Å². The molecule has 0 amide bonds. The van der Waals surface area contributed by atoms with Gasteiger partial charge in [-0.15, -0.1) is 0 Å². The normalized spacial score (nSPS) is 12.5. The van der Waals surface area contributed by atoms with E-state index in [1.807, 2.05) is 56.9 Å². The Bertz CT molecular complexity index is 702. The van der Waals surface area contributed by atoms with Gasteiger partial charge in [0.2, 0.25) is 8.32 Å². The summed E-state index contributed by atoms with van der Waals surface area (Å²) < 4.78 is 5.55. The standard InChI is InChI=1S/C19H22O3Si/c1-14(19(21)22-23(2,3)4)16-11-8-12-17(13-16)18(20)15-9-6-5-7-10-15/h5-14H,1-4H3. The predicted octanol–water partition coefficient (Wildman–Crippen LogP) is 4.40. The van der Waals surface area contributed by atoms with Crippen molar-refractivity contribution >= 4 is 20.1 Å². The van der Waals surface area contributed by atoms with Crippen molar-refractivity contribution in [2.75, 3.05) is 0 Å².